The molecule has 2 saturated heterocycles. The number of hydrogen-bond acceptors (Lipinski definition) is 7. The minimum absolute atomic E-state index is 0.0313. The first-order valence-electron chi connectivity index (χ1n) is 8.61. The Morgan fingerprint density at radius 2 is 2.00 bits per heavy atom. The van der Waals surface area contributed by atoms with Crippen LogP contribution in [0.5, 0.6) is 0 Å². The van der Waals surface area contributed by atoms with Gasteiger partial charge in [-0.25, -0.2) is 4.79 Å². The maximum Gasteiger partial charge on any atom is 0.330 e. The third-order valence-electron chi connectivity index (χ3n) is 4.72. The summed E-state index contributed by atoms with van der Waals surface area (Å²) in [6.45, 7) is 2.70. The van der Waals surface area contributed by atoms with Gasteiger partial charge in [-0.3, -0.25) is 10.1 Å². The lowest BCUT2D eigenvalue weighted by Crippen LogP contribution is -2.38. The number of carbonyl (C=O) groups excluding carboxylic acids is 1. The highest BCUT2D eigenvalue weighted by Gasteiger charge is 2.32. The van der Waals surface area contributed by atoms with E-state index in [0.717, 1.165) is 12.8 Å². The Hall–Kier alpha value is -2.45. The number of ether oxygens (including phenoxy) is 3. The molecule has 26 heavy (non-hydrogen) atoms. The molecule has 2 fully saturated rings. The van der Waals surface area contributed by atoms with E-state index < -0.39 is 5.97 Å². The molecule has 2 heterocycles. The van der Waals surface area contributed by atoms with Crippen LogP contribution >= 0.6 is 0 Å². The molecule has 8 nitrogen and oxygen atoms in total. The molecule has 0 saturated carbocycles. The van der Waals surface area contributed by atoms with Gasteiger partial charge in [0.25, 0.3) is 5.69 Å². The molecule has 0 unspecified atom stereocenters. The fraction of sp³-hybridized carbons (Fsp3) is 0.500. The quantitative estimate of drug-likeness (QED) is 0.344. The summed E-state index contributed by atoms with van der Waals surface area (Å²) in [5.74, 6) is -0.176. The average molecular weight is 362 g/mol. The highest BCUT2D eigenvalue weighted by atomic mass is 16.7. The number of carbonyl (C=O) groups is 1. The number of nitrogens with zero attached hydrogens (tertiary/aromatic N) is 2. The van der Waals surface area contributed by atoms with Crippen LogP contribution in [-0.2, 0) is 19.0 Å². The van der Waals surface area contributed by atoms with Crippen LogP contribution in [0.15, 0.2) is 24.3 Å². The number of rotatable bonds is 5. The van der Waals surface area contributed by atoms with E-state index in [4.69, 9.17) is 9.47 Å². The highest BCUT2D eigenvalue weighted by molar-refractivity contribution is 5.87. The smallest absolute Gasteiger partial charge is 0.330 e. The number of benzene rings is 1. The molecule has 0 bridgehead atoms. The minimum Gasteiger partial charge on any atom is -0.466 e. The number of nitro groups is 1. The number of esters is 1. The van der Waals surface area contributed by atoms with E-state index in [9.17, 15) is 14.9 Å². The average Bonchev–Trinajstić information content (AvgIpc) is 3.20. The van der Waals surface area contributed by atoms with Gasteiger partial charge in [0.05, 0.1) is 25.2 Å². The van der Waals surface area contributed by atoms with Gasteiger partial charge in [-0.1, -0.05) is 6.07 Å². The minimum atomic E-state index is -0.504. The van der Waals surface area contributed by atoms with Gasteiger partial charge in [-0.05, 0) is 30.5 Å². The van der Waals surface area contributed by atoms with Gasteiger partial charge in [0.15, 0.2) is 6.29 Å². The van der Waals surface area contributed by atoms with Crippen LogP contribution in [-0.4, -0.2) is 50.6 Å². The summed E-state index contributed by atoms with van der Waals surface area (Å²) in [5.41, 5.74) is 1.20. The standard InChI is InChI=1S/C18H22N2O6/c1-24-17(21)5-3-13-2-4-15(16(12-13)20(22)23)19-8-6-14(7-9-19)18-25-10-11-26-18/h2-5,12,14,18H,6-11H2,1H3. The Labute approximate surface area is 151 Å². The van der Waals surface area contributed by atoms with Crippen molar-refractivity contribution in [3.8, 4) is 0 Å². The van der Waals surface area contributed by atoms with Crippen molar-refractivity contribution in [2.45, 2.75) is 19.1 Å². The van der Waals surface area contributed by atoms with Crippen molar-refractivity contribution in [3.05, 3.63) is 40.0 Å². The molecule has 1 aromatic rings. The molecule has 0 N–H and O–H groups in total. The number of hydrogen-bond donors (Lipinski definition) is 0. The molecule has 0 aliphatic carbocycles. The fourth-order valence-electron chi connectivity index (χ4n) is 3.35. The van der Waals surface area contributed by atoms with E-state index >= 15 is 0 Å². The van der Waals surface area contributed by atoms with Crippen LogP contribution in [0.25, 0.3) is 6.08 Å². The molecule has 0 spiro atoms. The van der Waals surface area contributed by atoms with Crippen LogP contribution in [0.3, 0.4) is 0 Å². The van der Waals surface area contributed by atoms with E-state index in [1.807, 2.05) is 4.90 Å². The van der Waals surface area contributed by atoms with Crippen molar-refractivity contribution >= 4 is 23.4 Å². The summed E-state index contributed by atoms with van der Waals surface area (Å²) in [4.78, 5) is 24.3. The fourth-order valence-corrected chi connectivity index (χ4v) is 3.35. The van der Waals surface area contributed by atoms with E-state index in [0.29, 0.717) is 43.5 Å². The molecule has 0 radical (unpaired) electrons. The van der Waals surface area contributed by atoms with Crippen molar-refractivity contribution in [2.24, 2.45) is 5.92 Å². The zero-order valence-electron chi connectivity index (χ0n) is 14.6. The SMILES string of the molecule is COC(=O)C=Cc1ccc(N2CCC(C3OCCO3)CC2)c([N+](=O)[O-])c1. The predicted octanol–water partition coefficient (Wildman–Crippen LogP) is 2.37. The zero-order chi connectivity index (χ0) is 18.5. The van der Waals surface area contributed by atoms with Gasteiger partial charge in [0, 0.05) is 31.1 Å². The maximum absolute atomic E-state index is 11.5. The Bertz CT molecular complexity index is 691. The monoisotopic (exact) mass is 362 g/mol. The zero-order valence-corrected chi connectivity index (χ0v) is 14.6. The maximum atomic E-state index is 11.5. The van der Waals surface area contributed by atoms with Gasteiger partial charge < -0.3 is 19.1 Å². The molecular weight excluding hydrogens is 340 g/mol. The normalized spacial score (nSPS) is 19.2. The van der Waals surface area contributed by atoms with E-state index in [1.165, 1.54) is 25.3 Å². The van der Waals surface area contributed by atoms with E-state index in [1.54, 1.807) is 12.1 Å². The number of piperidine rings is 1. The van der Waals surface area contributed by atoms with Crippen molar-refractivity contribution in [3.63, 3.8) is 0 Å². The summed E-state index contributed by atoms with van der Waals surface area (Å²) >= 11 is 0. The van der Waals surface area contributed by atoms with Crippen molar-refractivity contribution in [1.82, 2.24) is 0 Å². The lowest BCUT2D eigenvalue weighted by molar-refractivity contribution is -0.384. The third-order valence-corrected chi connectivity index (χ3v) is 4.72. The first kappa shape index (κ1) is 18.3. The molecule has 0 amide bonds. The molecular formula is C18H22N2O6. The van der Waals surface area contributed by atoms with Crippen molar-refractivity contribution in [2.75, 3.05) is 38.3 Å². The van der Waals surface area contributed by atoms with Crippen molar-refractivity contribution < 1.29 is 23.9 Å². The van der Waals surface area contributed by atoms with Crippen LogP contribution < -0.4 is 4.90 Å². The van der Waals surface area contributed by atoms with E-state index in [2.05, 4.69) is 4.74 Å². The van der Waals surface area contributed by atoms with Crippen LogP contribution in [0.4, 0.5) is 11.4 Å². The van der Waals surface area contributed by atoms with Crippen molar-refractivity contribution in [1.29, 1.82) is 0 Å². The molecule has 140 valence electrons. The lowest BCUT2D eigenvalue weighted by Gasteiger charge is -2.35. The summed E-state index contributed by atoms with van der Waals surface area (Å²) in [7, 11) is 1.28. The Morgan fingerprint density at radius 1 is 1.31 bits per heavy atom. The Kier molecular flexibility index (Phi) is 5.85. The van der Waals surface area contributed by atoms with Crippen LogP contribution in [0.2, 0.25) is 0 Å². The van der Waals surface area contributed by atoms with Gasteiger partial charge in [0.1, 0.15) is 5.69 Å². The lowest BCUT2D eigenvalue weighted by atomic mass is 9.95. The summed E-state index contributed by atoms with van der Waals surface area (Å²) in [6, 6.07) is 4.97. The predicted molar refractivity (Wildman–Crippen MR) is 94.8 cm³/mol. The first-order chi connectivity index (χ1) is 12.6. The van der Waals surface area contributed by atoms with Gasteiger partial charge >= 0.3 is 5.97 Å². The molecule has 0 atom stereocenters. The van der Waals surface area contributed by atoms with Crippen LogP contribution in [0.1, 0.15) is 18.4 Å². The summed E-state index contributed by atoms with van der Waals surface area (Å²) < 4.78 is 15.7. The summed E-state index contributed by atoms with van der Waals surface area (Å²) in [5, 5.41) is 11.5. The molecule has 0 aromatic heterocycles. The summed E-state index contributed by atoms with van der Waals surface area (Å²) in [6.07, 6.45) is 4.34. The second kappa shape index (κ2) is 8.29. The Balaban J connectivity index is 1.72. The topological polar surface area (TPSA) is 91.1 Å². The van der Waals surface area contributed by atoms with Gasteiger partial charge in [-0.2, -0.15) is 0 Å². The second-order valence-electron chi connectivity index (χ2n) is 6.30. The first-order valence-corrected chi connectivity index (χ1v) is 8.61. The molecule has 2 aliphatic rings. The second-order valence-corrected chi connectivity index (χ2v) is 6.30. The Morgan fingerprint density at radius 3 is 2.62 bits per heavy atom. The molecule has 3 rings (SSSR count). The van der Waals surface area contributed by atoms with E-state index in [-0.39, 0.29) is 16.9 Å². The highest BCUT2D eigenvalue weighted by Crippen LogP contribution is 2.34. The van der Waals surface area contributed by atoms with Crippen LogP contribution in [0, 0.1) is 16.0 Å². The molecule has 8 heteroatoms. The number of nitro benzene ring substituents is 1. The largest absolute Gasteiger partial charge is 0.466 e. The number of anilines is 1. The van der Waals surface area contributed by atoms with Gasteiger partial charge in [0.2, 0.25) is 0 Å². The number of methoxy groups -OCH3 is 1. The van der Waals surface area contributed by atoms with Gasteiger partial charge in [-0.15, -0.1) is 0 Å². The third kappa shape index (κ3) is 4.20. The molecule has 1 aromatic carbocycles. The molecule has 2 aliphatic heterocycles.